The third-order valence-electron chi connectivity index (χ3n) is 14.5. The third kappa shape index (κ3) is 46.2. The van der Waals surface area contributed by atoms with Crippen LogP contribution >= 0.6 is 0 Å². The first kappa shape index (κ1) is 98.9. The quantitative estimate of drug-likeness (QED) is 0.0431. The average molecular weight is 1470 g/mol. The zero-order chi connectivity index (χ0) is 73.2. The smallest absolute Gasteiger partial charge is 0.216 e. The van der Waals surface area contributed by atoms with Crippen molar-refractivity contribution < 1.29 is 67.3 Å². The molecule has 0 unspecified atom stereocenters. The number of rotatable bonds is 27. The van der Waals surface area contributed by atoms with Gasteiger partial charge in [-0.3, -0.25) is 0 Å². The van der Waals surface area contributed by atoms with Crippen molar-refractivity contribution in [3.8, 4) is 0 Å². The lowest BCUT2D eigenvalue weighted by Gasteiger charge is -2.38. The van der Waals surface area contributed by atoms with Gasteiger partial charge in [-0.1, -0.05) is 88.5 Å². The molecule has 33 heteroatoms. The summed E-state index contributed by atoms with van der Waals surface area (Å²) in [7, 11) is -22.9. The number of sulfonamides is 8. The SMILES string of the molecule is CC(C)CNS(=O)(=O)C(C)C.CC(C)S(=O)(=O)NCC(C)(C)C.CC(C)S(=O)(=O)NCC1(C)CCC1.CC(C)S(=O)(=O)NCC1(C)CCCC1.CCCNS(=O)(=O)C(C)C.CCN1CCN(S(=O)(=O)C(C)C)CC1.CCNS(=O)(=O)C(C)C.CNS(=O)(=O)C(C)C. The van der Waals surface area contributed by atoms with Crippen LogP contribution in [0.4, 0.5) is 0 Å². The average Bonchev–Trinajstić information content (AvgIpc) is 3.07. The maximum absolute atomic E-state index is 11.8. The van der Waals surface area contributed by atoms with E-state index in [0.717, 1.165) is 51.7 Å². The van der Waals surface area contributed by atoms with Gasteiger partial charge in [0.25, 0.3) is 0 Å². The van der Waals surface area contributed by atoms with Crippen molar-refractivity contribution in [1.29, 1.82) is 0 Å². The predicted molar refractivity (Wildman–Crippen MR) is 382 cm³/mol. The molecule has 0 radical (unpaired) electrons. The molecular formula is C58H135N9O16S8. The Morgan fingerprint density at radius 3 is 0.934 bits per heavy atom. The zero-order valence-electron chi connectivity index (χ0n) is 61.3. The molecule has 1 heterocycles. The van der Waals surface area contributed by atoms with Gasteiger partial charge in [0.2, 0.25) is 80.2 Å². The second kappa shape index (κ2) is 45.0. The summed E-state index contributed by atoms with van der Waals surface area (Å²) in [6.45, 7) is 54.2. The van der Waals surface area contributed by atoms with E-state index in [2.05, 4.69) is 58.7 Å². The predicted octanol–water partition coefficient (Wildman–Crippen LogP) is 7.09. The Labute approximate surface area is 560 Å². The summed E-state index contributed by atoms with van der Waals surface area (Å²) in [5.74, 6) is 0.364. The molecule has 3 aliphatic rings. The molecule has 0 aromatic rings. The highest BCUT2D eigenvalue weighted by atomic mass is 32.2. The van der Waals surface area contributed by atoms with E-state index in [0.29, 0.717) is 58.3 Å². The molecule has 1 saturated heterocycles. The van der Waals surface area contributed by atoms with E-state index in [4.69, 9.17) is 0 Å². The summed E-state index contributed by atoms with van der Waals surface area (Å²) < 4.78 is 198. The van der Waals surface area contributed by atoms with Gasteiger partial charge in [0, 0.05) is 65.4 Å². The summed E-state index contributed by atoms with van der Waals surface area (Å²) in [5, 5.41) is -2.59. The Hall–Kier alpha value is -0.760. The lowest BCUT2D eigenvalue weighted by molar-refractivity contribution is 0.166. The molecule has 0 bridgehead atoms. The van der Waals surface area contributed by atoms with Gasteiger partial charge >= 0.3 is 0 Å². The van der Waals surface area contributed by atoms with Crippen molar-refractivity contribution in [2.24, 2.45) is 22.2 Å². The Morgan fingerprint density at radius 2 is 0.703 bits per heavy atom. The van der Waals surface area contributed by atoms with Crippen molar-refractivity contribution in [3.05, 3.63) is 0 Å². The van der Waals surface area contributed by atoms with Gasteiger partial charge in [0.15, 0.2) is 0 Å². The summed E-state index contributed by atoms with van der Waals surface area (Å²) in [6.07, 6.45) is 9.13. The largest absolute Gasteiger partial charge is 0.301 e. The molecule has 0 aromatic carbocycles. The molecule has 0 aromatic heterocycles. The normalized spacial score (nSPS) is 16.8. The maximum Gasteiger partial charge on any atom is 0.216 e. The van der Waals surface area contributed by atoms with Crippen LogP contribution in [0.15, 0.2) is 0 Å². The molecule has 3 fully saturated rings. The van der Waals surface area contributed by atoms with E-state index in [1.54, 1.807) is 122 Å². The molecule has 0 atom stereocenters. The van der Waals surface area contributed by atoms with Crippen LogP contribution in [0.2, 0.25) is 0 Å². The molecule has 25 nitrogen and oxygen atoms in total. The summed E-state index contributed by atoms with van der Waals surface area (Å²) in [6, 6.07) is 0. The van der Waals surface area contributed by atoms with Gasteiger partial charge in [0.05, 0.1) is 42.0 Å². The first-order valence-corrected chi connectivity index (χ1v) is 44.6. The number of likely N-dealkylation sites (N-methyl/N-ethyl adjacent to an activating group) is 1. The van der Waals surface area contributed by atoms with Gasteiger partial charge in [-0.05, 0) is 179 Å². The van der Waals surface area contributed by atoms with Crippen LogP contribution in [0.25, 0.3) is 0 Å². The second-order valence-electron chi connectivity index (χ2n) is 27.6. The van der Waals surface area contributed by atoms with Crippen molar-refractivity contribution in [3.63, 3.8) is 0 Å². The van der Waals surface area contributed by atoms with Gasteiger partial charge < -0.3 is 4.90 Å². The first-order chi connectivity index (χ1) is 40.7. The molecule has 2 aliphatic carbocycles. The van der Waals surface area contributed by atoms with Gasteiger partial charge in [-0.15, -0.1) is 0 Å². The third-order valence-corrected chi connectivity index (χ3v) is 29.6. The highest BCUT2D eigenvalue weighted by Gasteiger charge is 2.34. The van der Waals surface area contributed by atoms with Crippen LogP contribution in [0.1, 0.15) is 231 Å². The molecule has 2 saturated carbocycles. The lowest BCUT2D eigenvalue weighted by atomic mass is 9.71. The summed E-state index contributed by atoms with van der Waals surface area (Å²) >= 11 is 0. The van der Waals surface area contributed by atoms with Gasteiger partial charge in [0.1, 0.15) is 0 Å². The molecule has 0 spiro atoms. The van der Waals surface area contributed by atoms with Crippen LogP contribution < -0.4 is 33.1 Å². The Bertz CT molecular complexity index is 2880. The highest BCUT2D eigenvalue weighted by Crippen LogP contribution is 2.39. The molecule has 7 N–H and O–H groups in total. The van der Waals surface area contributed by atoms with Gasteiger partial charge in [-0.2, -0.15) is 4.31 Å². The maximum atomic E-state index is 11.8. The minimum absolute atomic E-state index is 0.00194. The van der Waals surface area contributed by atoms with Crippen molar-refractivity contribution >= 4 is 80.2 Å². The molecule has 556 valence electrons. The number of nitrogens with one attached hydrogen (secondary N) is 7. The van der Waals surface area contributed by atoms with Crippen LogP contribution in [-0.2, 0) is 80.2 Å². The fraction of sp³-hybridized carbons (Fsp3) is 1.00. The van der Waals surface area contributed by atoms with Crippen molar-refractivity contribution in [2.75, 3.05) is 79.0 Å². The van der Waals surface area contributed by atoms with Crippen molar-refractivity contribution in [1.82, 2.24) is 42.3 Å². The van der Waals surface area contributed by atoms with Crippen LogP contribution in [0.3, 0.4) is 0 Å². The van der Waals surface area contributed by atoms with E-state index in [9.17, 15) is 67.3 Å². The van der Waals surface area contributed by atoms with E-state index in [-0.39, 0.29) is 58.2 Å². The second-order valence-corrected chi connectivity index (χ2v) is 46.5. The van der Waals surface area contributed by atoms with Crippen LogP contribution in [0, 0.1) is 22.2 Å². The number of hydrogen-bond acceptors (Lipinski definition) is 17. The van der Waals surface area contributed by atoms with E-state index in [1.807, 2.05) is 41.5 Å². The van der Waals surface area contributed by atoms with Crippen LogP contribution in [0.5, 0.6) is 0 Å². The number of hydrogen-bond donors (Lipinski definition) is 7. The number of nitrogens with zero attached hydrogens (tertiary/aromatic N) is 2. The Morgan fingerprint density at radius 1 is 0.396 bits per heavy atom. The van der Waals surface area contributed by atoms with Gasteiger partial charge in [-0.25, -0.2) is 100 Å². The summed E-state index contributed by atoms with van der Waals surface area (Å²) in [5.41, 5.74) is 0.423. The van der Waals surface area contributed by atoms with E-state index >= 15 is 0 Å². The molecular weight excluding hydrogens is 1340 g/mol. The topological polar surface area (TPSA) is 364 Å². The van der Waals surface area contributed by atoms with Crippen molar-refractivity contribution in [2.45, 2.75) is 273 Å². The molecule has 0 amide bonds. The zero-order valence-corrected chi connectivity index (χ0v) is 67.9. The molecule has 3 rings (SSSR count). The fourth-order valence-electron chi connectivity index (χ4n) is 6.79. The van der Waals surface area contributed by atoms with Crippen LogP contribution in [-0.4, -0.2) is 198 Å². The fourth-order valence-corrected chi connectivity index (χ4v) is 13.7. The Balaban J connectivity index is -0.000000312. The minimum Gasteiger partial charge on any atom is -0.301 e. The highest BCUT2D eigenvalue weighted by molar-refractivity contribution is 7.91. The standard InChI is InChI=1S/C10H21NO2S.C9H20N2O2S.C9H19NO2S.C8H19NO2S.C7H17NO2S.C6H15NO2S.C5H13NO2S.C4H11NO2S/c1-9(2)14(12,13)11-8-10(3)6-4-5-7-10;1-4-10-5-7-11(8-6-10)14(12,13)9(2)3;1-8(2)13(11,12)10-7-9(3)5-4-6-9;1-7(2)12(10,11)9-6-8(3,4)5;1-6(2)5-8-11(9,10)7(3)4;1-4-5-7-10(8,9)6(2)3;1-4-6-9(7,8)5(2)3;1-4(2)8(6,7)5-3/h9,11H,4-8H2,1-3H3;9H,4-8H2,1-3H3;8,10H,4-7H2,1-3H3;7,9H,6H2,1-5H3;6-8H,5H2,1-4H3;6-7H,4-5H2,1-3H3;5-6H,4H2,1-3H3;4-5H,1-3H3. The van der Waals surface area contributed by atoms with E-state index in [1.165, 1.54) is 26.3 Å². The monoisotopic (exact) mass is 1470 g/mol. The summed E-state index contributed by atoms with van der Waals surface area (Å²) in [4.78, 5) is 2.27. The number of piperazine rings is 1. The molecule has 1 aliphatic heterocycles. The lowest BCUT2D eigenvalue weighted by Crippen LogP contribution is -2.50. The Kier molecular flexibility index (Phi) is 48.9. The minimum atomic E-state index is -3.08. The first-order valence-electron chi connectivity index (χ1n) is 32.3. The molecule has 91 heavy (non-hydrogen) atoms. The van der Waals surface area contributed by atoms with E-state index < -0.39 is 80.2 Å².